The lowest BCUT2D eigenvalue weighted by molar-refractivity contribution is -0.122. The molecule has 1 amide bonds. The van der Waals surface area contributed by atoms with Gasteiger partial charge >= 0.3 is 0 Å². The Kier molecular flexibility index (Phi) is 4.18. The lowest BCUT2D eigenvalue weighted by Gasteiger charge is -2.10. The second-order valence-corrected chi connectivity index (χ2v) is 3.72. The molecule has 0 aliphatic carbocycles. The van der Waals surface area contributed by atoms with E-state index in [1.54, 1.807) is 6.92 Å². The van der Waals surface area contributed by atoms with E-state index in [4.69, 9.17) is 5.11 Å². The predicted octanol–water partition coefficient (Wildman–Crippen LogP) is -0.517. The summed E-state index contributed by atoms with van der Waals surface area (Å²) < 4.78 is 0. The molecule has 3 N–H and O–H groups in total. The zero-order valence-corrected chi connectivity index (χ0v) is 8.05. The van der Waals surface area contributed by atoms with E-state index in [1.807, 2.05) is 0 Å². The number of carbonyl (C=O) groups is 1. The van der Waals surface area contributed by atoms with Crippen LogP contribution in [0.25, 0.3) is 0 Å². The standard InChI is InChI=1S/C9H18N2O2/c1-7(12)4-9(13)11-6-8-2-3-10-5-8/h7-8,10,12H,2-6H2,1H3,(H,11,13). The van der Waals surface area contributed by atoms with E-state index in [0.717, 1.165) is 26.1 Å². The van der Waals surface area contributed by atoms with Crippen molar-refractivity contribution in [3.05, 3.63) is 0 Å². The molecule has 4 heteroatoms. The van der Waals surface area contributed by atoms with Crippen molar-refractivity contribution in [2.45, 2.75) is 25.9 Å². The highest BCUT2D eigenvalue weighted by molar-refractivity contribution is 5.76. The van der Waals surface area contributed by atoms with Crippen LogP contribution in [0.1, 0.15) is 19.8 Å². The second-order valence-electron chi connectivity index (χ2n) is 3.72. The summed E-state index contributed by atoms with van der Waals surface area (Å²) in [5, 5.41) is 15.0. The van der Waals surface area contributed by atoms with Crippen molar-refractivity contribution in [1.82, 2.24) is 10.6 Å². The van der Waals surface area contributed by atoms with Gasteiger partial charge in [0.25, 0.3) is 0 Å². The van der Waals surface area contributed by atoms with E-state index < -0.39 is 6.10 Å². The number of rotatable bonds is 4. The monoisotopic (exact) mass is 186 g/mol. The molecule has 76 valence electrons. The summed E-state index contributed by atoms with van der Waals surface area (Å²) in [7, 11) is 0. The Morgan fingerprint density at radius 3 is 3.08 bits per heavy atom. The Bertz CT molecular complexity index is 165. The van der Waals surface area contributed by atoms with Crippen LogP contribution in [0.2, 0.25) is 0 Å². The van der Waals surface area contributed by atoms with Crippen molar-refractivity contribution in [2.75, 3.05) is 19.6 Å². The molecule has 1 aliphatic rings. The zero-order chi connectivity index (χ0) is 9.68. The van der Waals surface area contributed by atoms with E-state index >= 15 is 0 Å². The fourth-order valence-corrected chi connectivity index (χ4v) is 1.49. The Hall–Kier alpha value is -0.610. The van der Waals surface area contributed by atoms with E-state index in [2.05, 4.69) is 10.6 Å². The molecular weight excluding hydrogens is 168 g/mol. The van der Waals surface area contributed by atoms with Crippen LogP contribution in [-0.2, 0) is 4.79 Å². The van der Waals surface area contributed by atoms with Gasteiger partial charge in [0, 0.05) is 6.54 Å². The average molecular weight is 186 g/mol. The zero-order valence-electron chi connectivity index (χ0n) is 8.05. The molecule has 0 aromatic rings. The molecular formula is C9H18N2O2. The van der Waals surface area contributed by atoms with E-state index in [1.165, 1.54) is 0 Å². The van der Waals surface area contributed by atoms with Gasteiger partial charge in [0.2, 0.25) is 5.91 Å². The number of hydrogen-bond acceptors (Lipinski definition) is 3. The first-order valence-corrected chi connectivity index (χ1v) is 4.84. The van der Waals surface area contributed by atoms with Gasteiger partial charge in [0.15, 0.2) is 0 Å². The Morgan fingerprint density at radius 1 is 1.77 bits per heavy atom. The number of amides is 1. The van der Waals surface area contributed by atoms with Crippen LogP contribution in [0.4, 0.5) is 0 Å². The minimum atomic E-state index is -0.540. The number of hydrogen-bond donors (Lipinski definition) is 3. The van der Waals surface area contributed by atoms with Crippen LogP contribution in [0.15, 0.2) is 0 Å². The molecule has 4 nitrogen and oxygen atoms in total. The molecule has 1 aliphatic heterocycles. The number of nitrogens with one attached hydrogen (secondary N) is 2. The highest BCUT2D eigenvalue weighted by atomic mass is 16.3. The third-order valence-corrected chi connectivity index (χ3v) is 2.23. The topological polar surface area (TPSA) is 61.4 Å². The van der Waals surface area contributed by atoms with Crippen LogP contribution < -0.4 is 10.6 Å². The Labute approximate surface area is 78.7 Å². The van der Waals surface area contributed by atoms with Gasteiger partial charge in [-0.3, -0.25) is 4.79 Å². The largest absolute Gasteiger partial charge is 0.393 e. The fourth-order valence-electron chi connectivity index (χ4n) is 1.49. The van der Waals surface area contributed by atoms with Crippen molar-refractivity contribution in [3.8, 4) is 0 Å². The normalized spacial score (nSPS) is 24.3. The quantitative estimate of drug-likeness (QED) is 0.554. The van der Waals surface area contributed by atoms with E-state index in [-0.39, 0.29) is 12.3 Å². The fraction of sp³-hybridized carbons (Fsp3) is 0.889. The third kappa shape index (κ3) is 4.24. The molecule has 2 atom stereocenters. The number of aliphatic hydroxyl groups excluding tert-OH is 1. The lowest BCUT2D eigenvalue weighted by atomic mass is 10.1. The van der Waals surface area contributed by atoms with Crippen molar-refractivity contribution in [2.24, 2.45) is 5.92 Å². The smallest absolute Gasteiger partial charge is 0.222 e. The molecule has 1 heterocycles. The number of carbonyl (C=O) groups excluding carboxylic acids is 1. The molecule has 0 spiro atoms. The van der Waals surface area contributed by atoms with Gasteiger partial charge in [-0.2, -0.15) is 0 Å². The molecule has 0 aromatic heterocycles. The predicted molar refractivity (Wildman–Crippen MR) is 50.3 cm³/mol. The molecule has 2 unspecified atom stereocenters. The van der Waals surface area contributed by atoms with Crippen LogP contribution in [0.3, 0.4) is 0 Å². The summed E-state index contributed by atoms with van der Waals surface area (Å²) in [6.07, 6.45) is 0.802. The SMILES string of the molecule is CC(O)CC(=O)NCC1CCNC1. The van der Waals surface area contributed by atoms with Crippen LogP contribution in [0.5, 0.6) is 0 Å². The average Bonchev–Trinajstić information content (AvgIpc) is 2.51. The first kappa shape index (κ1) is 10.5. The van der Waals surface area contributed by atoms with Gasteiger partial charge in [-0.05, 0) is 32.4 Å². The van der Waals surface area contributed by atoms with Crippen molar-refractivity contribution in [3.63, 3.8) is 0 Å². The van der Waals surface area contributed by atoms with Gasteiger partial charge < -0.3 is 15.7 Å². The molecule has 1 fully saturated rings. The van der Waals surface area contributed by atoms with Gasteiger partial charge in [-0.15, -0.1) is 0 Å². The molecule has 0 aromatic carbocycles. The molecule has 0 saturated carbocycles. The van der Waals surface area contributed by atoms with E-state index in [9.17, 15) is 4.79 Å². The number of aliphatic hydroxyl groups is 1. The van der Waals surface area contributed by atoms with Crippen molar-refractivity contribution in [1.29, 1.82) is 0 Å². The maximum absolute atomic E-state index is 11.1. The highest BCUT2D eigenvalue weighted by Gasteiger charge is 2.15. The molecule has 1 saturated heterocycles. The first-order chi connectivity index (χ1) is 6.18. The maximum Gasteiger partial charge on any atom is 0.222 e. The highest BCUT2D eigenvalue weighted by Crippen LogP contribution is 2.05. The molecule has 13 heavy (non-hydrogen) atoms. The summed E-state index contributed by atoms with van der Waals surface area (Å²) >= 11 is 0. The summed E-state index contributed by atoms with van der Waals surface area (Å²) in [4.78, 5) is 11.1. The van der Waals surface area contributed by atoms with Crippen LogP contribution in [-0.4, -0.2) is 36.8 Å². The van der Waals surface area contributed by atoms with Crippen molar-refractivity contribution >= 4 is 5.91 Å². The van der Waals surface area contributed by atoms with Crippen molar-refractivity contribution < 1.29 is 9.90 Å². The minimum Gasteiger partial charge on any atom is -0.393 e. The van der Waals surface area contributed by atoms with Crippen LogP contribution in [0, 0.1) is 5.92 Å². The van der Waals surface area contributed by atoms with Gasteiger partial charge in [-0.1, -0.05) is 0 Å². The lowest BCUT2D eigenvalue weighted by Crippen LogP contribution is -2.31. The van der Waals surface area contributed by atoms with Gasteiger partial charge in [-0.25, -0.2) is 0 Å². The van der Waals surface area contributed by atoms with Gasteiger partial charge in [0.1, 0.15) is 0 Å². The molecule has 0 radical (unpaired) electrons. The summed E-state index contributed by atoms with van der Waals surface area (Å²) in [5.74, 6) is 0.514. The van der Waals surface area contributed by atoms with Gasteiger partial charge in [0.05, 0.1) is 12.5 Å². The Balaban J connectivity index is 2.07. The Morgan fingerprint density at radius 2 is 2.54 bits per heavy atom. The molecule has 0 bridgehead atoms. The minimum absolute atomic E-state index is 0.0538. The first-order valence-electron chi connectivity index (χ1n) is 4.84. The summed E-state index contributed by atoms with van der Waals surface area (Å²) in [6.45, 7) is 4.40. The van der Waals surface area contributed by atoms with Crippen LogP contribution >= 0.6 is 0 Å². The molecule has 1 rings (SSSR count). The van der Waals surface area contributed by atoms with E-state index in [0.29, 0.717) is 5.92 Å². The summed E-state index contributed by atoms with van der Waals surface area (Å²) in [6, 6.07) is 0. The summed E-state index contributed by atoms with van der Waals surface area (Å²) in [5.41, 5.74) is 0. The maximum atomic E-state index is 11.1. The third-order valence-electron chi connectivity index (χ3n) is 2.23. The second kappa shape index (κ2) is 5.19.